The van der Waals surface area contributed by atoms with Gasteiger partial charge in [-0.1, -0.05) is 35.5 Å². The summed E-state index contributed by atoms with van der Waals surface area (Å²) in [5.41, 5.74) is 1.53. The van der Waals surface area contributed by atoms with E-state index in [4.69, 9.17) is 9.57 Å². The molecule has 4 heteroatoms. The molecule has 1 aromatic carbocycles. The van der Waals surface area contributed by atoms with E-state index in [0.29, 0.717) is 5.71 Å². The van der Waals surface area contributed by atoms with E-state index < -0.39 is 5.92 Å². The highest BCUT2D eigenvalue weighted by molar-refractivity contribution is 6.12. The van der Waals surface area contributed by atoms with Gasteiger partial charge in [-0.25, -0.2) is 0 Å². The standard InChI is InChI=1S/C12H13NO3/c1-8-10(12(14)15-2)11(13-16-8)9-6-4-3-5-7-9/h3-8,10H,1-2H3/t8-,10-/m0/s1. The van der Waals surface area contributed by atoms with Crippen molar-refractivity contribution in [3.63, 3.8) is 0 Å². The zero-order chi connectivity index (χ0) is 11.5. The molecule has 84 valence electrons. The van der Waals surface area contributed by atoms with Gasteiger partial charge in [-0.05, 0) is 6.92 Å². The molecular weight excluding hydrogens is 206 g/mol. The van der Waals surface area contributed by atoms with Crippen LogP contribution < -0.4 is 0 Å². The molecule has 0 saturated heterocycles. The third kappa shape index (κ3) is 1.78. The summed E-state index contributed by atoms with van der Waals surface area (Å²) in [6, 6.07) is 9.51. The average molecular weight is 219 g/mol. The zero-order valence-electron chi connectivity index (χ0n) is 9.21. The van der Waals surface area contributed by atoms with Crippen molar-refractivity contribution in [3.8, 4) is 0 Å². The molecule has 0 amide bonds. The molecule has 2 atom stereocenters. The van der Waals surface area contributed by atoms with Crippen LogP contribution in [0.4, 0.5) is 0 Å². The summed E-state index contributed by atoms with van der Waals surface area (Å²) in [5, 5.41) is 3.95. The van der Waals surface area contributed by atoms with Crippen molar-refractivity contribution in [2.75, 3.05) is 7.11 Å². The zero-order valence-corrected chi connectivity index (χ0v) is 9.21. The topological polar surface area (TPSA) is 47.9 Å². The van der Waals surface area contributed by atoms with Crippen molar-refractivity contribution in [1.29, 1.82) is 0 Å². The molecule has 1 aliphatic heterocycles. The maximum absolute atomic E-state index is 11.6. The first-order valence-corrected chi connectivity index (χ1v) is 5.11. The molecular formula is C12H13NO3. The molecule has 0 aliphatic carbocycles. The van der Waals surface area contributed by atoms with E-state index in [2.05, 4.69) is 5.16 Å². The molecule has 0 unspecified atom stereocenters. The van der Waals surface area contributed by atoms with Gasteiger partial charge >= 0.3 is 5.97 Å². The lowest BCUT2D eigenvalue weighted by molar-refractivity contribution is -0.145. The number of ether oxygens (including phenoxy) is 1. The normalized spacial score (nSPS) is 23.5. The molecule has 1 aliphatic rings. The number of hydrogen-bond donors (Lipinski definition) is 0. The minimum Gasteiger partial charge on any atom is -0.468 e. The predicted octanol–water partition coefficient (Wildman–Crippen LogP) is 1.60. The number of oxime groups is 1. The molecule has 1 aromatic rings. The fourth-order valence-corrected chi connectivity index (χ4v) is 1.75. The SMILES string of the molecule is COC(=O)[C@@H]1C(c2ccccc2)=NO[C@H]1C. The molecule has 4 nitrogen and oxygen atoms in total. The van der Waals surface area contributed by atoms with Crippen molar-refractivity contribution < 1.29 is 14.4 Å². The van der Waals surface area contributed by atoms with Gasteiger partial charge in [-0.3, -0.25) is 4.79 Å². The maximum Gasteiger partial charge on any atom is 0.318 e. The van der Waals surface area contributed by atoms with Crippen molar-refractivity contribution in [2.45, 2.75) is 13.0 Å². The second kappa shape index (κ2) is 4.35. The highest BCUT2D eigenvalue weighted by atomic mass is 16.6. The maximum atomic E-state index is 11.6. The molecule has 0 bridgehead atoms. The summed E-state index contributed by atoms with van der Waals surface area (Å²) in [5.74, 6) is -0.750. The second-order valence-electron chi connectivity index (χ2n) is 3.65. The van der Waals surface area contributed by atoms with Crippen LogP contribution in [0.2, 0.25) is 0 Å². The van der Waals surface area contributed by atoms with Crippen LogP contribution in [0.1, 0.15) is 12.5 Å². The van der Waals surface area contributed by atoms with Crippen LogP contribution in [0.3, 0.4) is 0 Å². The third-order valence-electron chi connectivity index (χ3n) is 2.61. The van der Waals surface area contributed by atoms with Crippen molar-refractivity contribution in [1.82, 2.24) is 0 Å². The van der Waals surface area contributed by atoms with E-state index in [1.807, 2.05) is 30.3 Å². The van der Waals surface area contributed by atoms with Gasteiger partial charge < -0.3 is 9.57 Å². The number of rotatable bonds is 2. The van der Waals surface area contributed by atoms with E-state index in [-0.39, 0.29) is 12.1 Å². The largest absolute Gasteiger partial charge is 0.468 e. The number of methoxy groups -OCH3 is 1. The fraction of sp³-hybridized carbons (Fsp3) is 0.333. The lowest BCUT2D eigenvalue weighted by Crippen LogP contribution is -2.30. The molecule has 0 saturated carbocycles. The Balaban J connectivity index is 2.31. The molecule has 0 fully saturated rings. The molecule has 1 heterocycles. The highest BCUT2D eigenvalue weighted by Gasteiger charge is 2.38. The van der Waals surface area contributed by atoms with Crippen LogP contribution in [0, 0.1) is 5.92 Å². The number of benzene rings is 1. The number of carbonyl (C=O) groups is 1. The van der Waals surface area contributed by atoms with Crippen LogP contribution in [0.25, 0.3) is 0 Å². The number of carbonyl (C=O) groups excluding carboxylic acids is 1. The number of hydrogen-bond acceptors (Lipinski definition) is 4. The molecule has 0 spiro atoms. The number of nitrogens with zero attached hydrogens (tertiary/aromatic N) is 1. The molecule has 0 radical (unpaired) electrons. The average Bonchev–Trinajstić information content (AvgIpc) is 2.71. The van der Waals surface area contributed by atoms with Crippen molar-refractivity contribution in [2.24, 2.45) is 11.1 Å². The third-order valence-corrected chi connectivity index (χ3v) is 2.61. The second-order valence-corrected chi connectivity index (χ2v) is 3.65. The Kier molecular flexibility index (Phi) is 2.90. The minimum atomic E-state index is -0.438. The summed E-state index contributed by atoms with van der Waals surface area (Å²) in [6.07, 6.45) is -0.275. The predicted molar refractivity (Wildman–Crippen MR) is 59.0 cm³/mol. The smallest absolute Gasteiger partial charge is 0.318 e. The summed E-state index contributed by atoms with van der Waals surface area (Å²) in [7, 11) is 1.37. The molecule has 0 aromatic heterocycles. The first-order valence-electron chi connectivity index (χ1n) is 5.11. The fourth-order valence-electron chi connectivity index (χ4n) is 1.75. The molecule has 16 heavy (non-hydrogen) atoms. The molecule has 2 rings (SSSR count). The summed E-state index contributed by atoms with van der Waals surface area (Å²) in [4.78, 5) is 16.8. The van der Waals surface area contributed by atoms with Crippen molar-refractivity contribution >= 4 is 11.7 Å². The Bertz CT molecular complexity index is 414. The molecule has 0 N–H and O–H groups in total. The van der Waals surface area contributed by atoms with E-state index in [9.17, 15) is 4.79 Å². The Hall–Kier alpha value is -1.84. The lowest BCUT2D eigenvalue weighted by atomic mass is 9.93. The van der Waals surface area contributed by atoms with Gasteiger partial charge in [0.05, 0.1) is 7.11 Å². The van der Waals surface area contributed by atoms with Gasteiger partial charge in [0.1, 0.15) is 17.7 Å². The lowest BCUT2D eigenvalue weighted by Gasteiger charge is -2.12. The van der Waals surface area contributed by atoms with Gasteiger partial charge in [0.2, 0.25) is 0 Å². The summed E-state index contributed by atoms with van der Waals surface area (Å²) in [6.45, 7) is 1.81. The van der Waals surface area contributed by atoms with Crippen LogP contribution in [-0.2, 0) is 14.4 Å². The van der Waals surface area contributed by atoms with Gasteiger partial charge in [-0.15, -0.1) is 0 Å². The number of esters is 1. The Morgan fingerprint density at radius 2 is 2.06 bits per heavy atom. The Morgan fingerprint density at radius 1 is 1.38 bits per heavy atom. The van der Waals surface area contributed by atoms with Crippen molar-refractivity contribution in [3.05, 3.63) is 35.9 Å². The monoisotopic (exact) mass is 219 g/mol. The van der Waals surface area contributed by atoms with E-state index in [0.717, 1.165) is 5.56 Å². The van der Waals surface area contributed by atoms with Crippen LogP contribution >= 0.6 is 0 Å². The van der Waals surface area contributed by atoms with E-state index in [1.54, 1.807) is 6.92 Å². The first kappa shape index (κ1) is 10.7. The van der Waals surface area contributed by atoms with E-state index in [1.165, 1.54) is 7.11 Å². The van der Waals surface area contributed by atoms with Crippen LogP contribution in [0.5, 0.6) is 0 Å². The summed E-state index contributed by atoms with van der Waals surface area (Å²) < 4.78 is 4.76. The minimum absolute atomic E-state index is 0.275. The quantitative estimate of drug-likeness (QED) is 0.710. The van der Waals surface area contributed by atoms with Crippen LogP contribution in [-0.4, -0.2) is 24.9 Å². The van der Waals surface area contributed by atoms with E-state index >= 15 is 0 Å². The highest BCUT2D eigenvalue weighted by Crippen LogP contribution is 2.23. The van der Waals surface area contributed by atoms with Crippen LogP contribution in [0.15, 0.2) is 35.5 Å². The Morgan fingerprint density at radius 3 is 2.69 bits per heavy atom. The van der Waals surface area contributed by atoms with Gasteiger partial charge in [0.15, 0.2) is 0 Å². The first-order chi connectivity index (χ1) is 7.74. The van der Waals surface area contributed by atoms with Gasteiger partial charge in [0.25, 0.3) is 0 Å². The van der Waals surface area contributed by atoms with Gasteiger partial charge in [-0.2, -0.15) is 0 Å². The van der Waals surface area contributed by atoms with Gasteiger partial charge in [0, 0.05) is 5.56 Å². The summed E-state index contributed by atoms with van der Waals surface area (Å²) >= 11 is 0. The Labute approximate surface area is 93.9 Å².